The number of alkyl halides is 5. The zero-order chi connectivity index (χ0) is 17.8. The molecule has 0 aromatic carbocycles. The molecule has 1 rings (SSSR count). The number of halogens is 5. The van der Waals surface area contributed by atoms with Crippen molar-refractivity contribution < 1.29 is 41.0 Å². The molecule has 128 valence electrons. The minimum Gasteiger partial charge on any atom is -0.399 e. The Bertz CT molecular complexity index is 477. The van der Waals surface area contributed by atoms with Gasteiger partial charge in [-0.1, -0.05) is 6.58 Å². The average molecular weight is 332 g/mol. The fourth-order valence-electron chi connectivity index (χ4n) is 1.56. The fourth-order valence-corrected chi connectivity index (χ4v) is 1.56. The predicted molar refractivity (Wildman–Crippen MR) is 65.0 cm³/mol. The molecule has 1 heterocycles. The normalized spacial score (nSPS) is 23.2. The maximum absolute atomic E-state index is 13.9. The second-order valence-electron chi connectivity index (χ2n) is 6.02. The molecule has 0 amide bonds. The van der Waals surface area contributed by atoms with Gasteiger partial charge in [0.05, 0.1) is 11.2 Å². The standard InChI is InChI=1S/C13H17F5O4/c1-7(2)8(19)20-13(11(14,15)12(16,17)18)21-9(3,4)10(5,6)22-13/h1H2,2-6H3. The van der Waals surface area contributed by atoms with E-state index in [2.05, 4.69) is 11.3 Å². The molecule has 0 spiro atoms. The lowest BCUT2D eigenvalue weighted by atomic mass is 9.90. The van der Waals surface area contributed by atoms with Crippen molar-refractivity contribution in [1.29, 1.82) is 0 Å². The van der Waals surface area contributed by atoms with Gasteiger partial charge in [0, 0.05) is 5.57 Å². The average Bonchev–Trinajstić information content (AvgIpc) is 2.43. The number of hydrogen-bond acceptors (Lipinski definition) is 4. The van der Waals surface area contributed by atoms with Crippen LogP contribution in [0.4, 0.5) is 22.0 Å². The molecule has 0 bridgehead atoms. The third kappa shape index (κ3) is 2.71. The summed E-state index contributed by atoms with van der Waals surface area (Å²) in [4.78, 5) is 11.5. The highest BCUT2D eigenvalue weighted by Gasteiger charge is 2.81. The highest BCUT2D eigenvalue weighted by Crippen LogP contribution is 2.55. The number of carbonyl (C=O) groups is 1. The zero-order valence-corrected chi connectivity index (χ0v) is 12.7. The second kappa shape index (κ2) is 4.89. The summed E-state index contributed by atoms with van der Waals surface area (Å²) in [5.74, 6) is -11.0. The molecule has 0 atom stereocenters. The van der Waals surface area contributed by atoms with Crippen LogP contribution in [0.1, 0.15) is 34.6 Å². The Kier molecular flexibility index (Phi) is 4.18. The van der Waals surface area contributed by atoms with E-state index >= 15 is 0 Å². The van der Waals surface area contributed by atoms with E-state index in [1.54, 1.807) is 0 Å². The van der Waals surface area contributed by atoms with Gasteiger partial charge in [-0.15, -0.1) is 0 Å². The molecule has 1 saturated heterocycles. The summed E-state index contributed by atoms with van der Waals surface area (Å²) >= 11 is 0. The van der Waals surface area contributed by atoms with E-state index in [0.29, 0.717) is 0 Å². The summed E-state index contributed by atoms with van der Waals surface area (Å²) in [5.41, 5.74) is -3.55. The van der Waals surface area contributed by atoms with Gasteiger partial charge < -0.3 is 14.2 Å². The van der Waals surface area contributed by atoms with Crippen LogP contribution in [0.5, 0.6) is 0 Å². The van der Waals surface area contributed by atoms with Gasteiger partial charge in [0.25, 0.3) is 0 Å². The van der Waals surface area contributed by atoms with E-state index in [1.165, 1.54) is 27.7 Å². The van der Waals surface area contributed by atoms with Crippen molar-refractivity contribution in [2.75, 3.05) is 0 Å². The lowest BCUT2D eigenvalue weighted by molar-refractivity contribution is -0.467. The summed E-state index contributed by atoms with van der Waals surface area (Å²) in [6.07, 6.45) is -6.06. The van der Waals surface area contributed by atoms with Crippen LogP contribution in [-0.4, -0.2) is 35.2 Å². The van der Waals surface area contributed by atoms with E-state index in [-0.39, 0.29) is 5.57 Å². The molecule has 0 aliphatic carbocycles. The van der Waals surface area contributed by atoms with Gasteiger partial charge in [0.1, 0.15) is 0 Å². The molecule has 1 aliphatic rings. The first-order valence-corrected chi connectivity index (χ1v) is 6.23. The molecule has 0 saturated carbocycles. The van der Waals surface area contributed by atoms with Gasteiger partial charge in [-0.05, 0) is 34.6 Å². The smallest absolute Gasteiger partial charge is 0.399 e. The van der Waals surface area contributed by atoms with Gasteiger partial charge in [-0.25, -0.2) is 4.79 Å². The molecule has 22 heavy (non-hydrogen) atoms. The Balaban J connectivity index is 3.43. The monoisotopic (exact) mass is 332 g/mol. The lowest BCUT2D eigenvalue weighted by Gasteiger charge is -2.35. The van der Waals surface area contributed by atoms with Gasteiger partial charge >= 0.3 is 24.0 Å². The van der Waals surface area contributed by atoms with E-state index in [9.17, 15) is 26.7 Å². The molecular formula is C13H17F5O4. The zero-order valence-electron chi connectivity index (χ0n) is 12.7. The van der Waals surface area contributed by atoms with Crippen molar-refractivity contribution >= 4 is 5.97 Å². The van der Waals surface area contributed by atoms with Crippen LogP contribution in [0.15, 0.2) is 12.2 Å². The van der Waals surface area contributed by atoms with E-state index in [1.807, 2.05) is 0 Å². The number of esters is 1. The van der Waals surface area contributed by atoms with Gasteiger partial charge in [0.2, 0.25) is 0 Å². The maximum Gasteiger partial charge on any atom is 0.463 e. The molecular weight excluding hydrogens is 315 g/mol. The summed E-state index contributed by atoms with van der Waals surface area (Å²) < 4.78 is 80.0. The summed E-state index contributed by atoms with van der Waals surface area (Å²) in [6.45, 7) is 9.21. The first-order chi connectivity index (χ1) is 9.49. The third-order valence-corrected chi connectivity index (χ3v) is 3.55. The van der Waals surface area contributed by atoms with Gasteiger partial charge in [-0.3, -0.25) is 0 Å². The number of ether oxygens (including phenoxy) is 3. The largest absolute Gasteiger partial charge is 0.463 e. The van der Waals surface area contributed by atoms with Crippen molar-refractivity contribution in [3.05, 3.63) is 12.2 Å². The van der Waals surface area contributed by atoms with E-state index in [4.69, 9.17) is 9.47 Å². The topological polar surface area (TPSA) is 44.8 Å². The summed E-state index contributed by atoms with van der Waals surface area (Å²) in [6, 6.07) is 0. The second-order valence-corrected chi connectivity index (χ2v) is 6.02. The first-order valence-electron chi connectivity index (χ1n) is 6.23. The minimum atomic E-state index is -6.06. The Morgan fingerprint density at radius 1 is 1.00 bits per heavy atom. The Labute approximate surface area is 124 Å². The van der Waals surface area contributed by atoms with Crippen molar-refractivity contribution in [3.63, 3.8) is 0 Å². The Morgan fingerprint density at radius 3 is 1.64 bits per heavy atom. The van der Waals surface area contributed by atoms with Gasteiger partial charge in [0.15, 0.2) is 0 Å². The first kappa shape index (κ1) is 18.8. The highest BCUT2D eigenvalue weighted by atomic mass is 19.4. The molecule has 0 radical (unpaired) electrons. The minimum absolute atomic E-state index is 0.382. The van der Waals surface area contributed by atoms with E-state index < -0.39 is 35.2 Å². The number of hydrogen-bond donors (Lipinski definition) is 0. The quantitative estimate of drug-likeness (QED) is 0.450. The third-order valence-electron chi connectivity index (χ3n) is 3.55. The van der Waals surface area contributed by atoms with E-state index in [0.717, 1.165) is 6.92 Å². The van der Waals surface area contributed by atoms with Crippen molar-refractivity contribution in [3.8, 4) is 0 Å². The predicted octanol–water partition coefficient (Wildman–Crippen LogP) is 3.56. The Morgan fingerprint density at radius 2 is 1.36 bits per heavy atom. The molecule has 0 unspecified atom stereocenters. The lowest BCUT2D eigenvalue weighted by Crippen LogP contribution is -2.61. The van der Waals surface area contributed by atoms with Crippen LogP contribution < -0.4 is 0 Å². The SMILES string of the molecule is C=C(C)C(=O)OC1(C(F)(F)C(F)(F)F)OC(C)(C)C(C)(C)O1. The number of rotatable bonds is 3. The van der Waals surface area contributed by atoms with Crippen LogP contribution in [0.2, 0.25) is 0 Å². The van der Waals surface area contributed by atoms with Crippen LogP contribution in [-0.2, 0) is 19.0 Å². The molecule has 0 N–H and O–H groups in total. The molecule has 0 aromatic rings. The Hall–Kier alpha value is -1.22. The molecule has 9 heteroatoms. The van der Waals surface area contributed by atoms with Crippen LogP contribution in [0.25, 0.3) is 0 Å². The molecule has 0 aromatic heterocycles. The maximum atomic E-state index is 13.9. The fraction of sp³-hybridized carbons (Fsp3) is 0.769. The van der Waals surface area contributed by atoms with Gasteiger partial charge in [-0.2, -0.15) is 22.0 Å². The van der Waals surface area contributed by atoms with Crippen LogP contribution in [0.3, 0.4) is 0 Å². The highest BCUT2D eigenvalue weighted by molar-refractivity contribution is 5.87. The van der Waals surface area contributed by atoms with Crippen molar-refractivity contribution in [2.45, 2.75) is 63.9 Å². The molecule has 1 aliphatic heterocycles. The van der Waals surface area contributed by atoms with Crippen molar-refractivity contribution in [1.82, 2.24) is 0 Å². The van der Waals surface area contributed by atoms with Crippen LogP contribution >= 0.6 is 0 Å². The molecule has 1 fully saturated rings. The van der Waals surface area contributed by atoms with Crippen LogP contribution in [0, 0.1) is 0 Å². The number of carbonyl (C=O) groups excluding carboxylic acids is 1. The molecule has 4 nitrogen and oxygen atoms in total. The van der Waals surface area contributed by atoms with Crippen molar-refractivity contribution in [2.24, 2.45) is 0 Å². The summed E-state index contributed by atoms with van der Waals surface area (Å²) in [7, 11) is 0. The summed E-state index contributed by atoms with van der Waals surface area (Å²) in [5, 5.41) is 0.